The van der Waals surface area contributed by atoms with Gasteiger partial charge in [0.1, 0.15) is 0 Å². The van der Waals surface area contributed by atoms with Gasteiger partial charge in [-0.05, 0) is 32.2 Å². The lowest BCUT2D eigenvalue weighted by Crippen LogP contribution is -2.44. The van der Waals surface area contributed by atoms with Gasteiger partial charge in [-0.1, -0.05) is 0 Å². The molecule has 2 fully saturated rings. The molecule has 0 bridgehead atoms. The number of nitrogens with zero attached hydrogens (tertiary/aromatic N) is 2. The molecule has 2 heterocycles. The van der Waals surface area contributed by atoms with Crippen LogP contribution in [0.25, 0.3) is 0 Å². The van der Waals surface area contributed by atoms with E-state index in [0.29, 0.717) is 11.5 Å². The Kier molecular flexibility index (Phi) is 8.78. The molecule has 23 heavy (non-hydrogen) atoms. The maximum Gasteiger partial charge on any atom is 0.232 e. The number of thioether (sulfide) groups is 1. The number of amides is 2. The van der Waals surface area contributed by atoms with Crippen molar-refractivity contribution in [1.29, 1.82) is 0 Å². The fourth-order valence-electron chi connectivity index (χ4n) is 2.98. The zero-order valence-electron chi connectivity index (χ0n) is 14.0. The lowest BCUT2D eigenvalue weighted by molar-refractivity contribution is -0.129. The van der Waals surface area contributed by atoms with E-state index in [1.54, 1.807) is 0 Å². The molecule has 0 spiro atoms. The van der Waals surface area contributed by atoms with Crippen molar-refractivity contribution in [3.63, 3.8) is 0 Å². The van der Waals surface area contributed by atoms with Crippen LogP contribution in [0.1, 0.15) is 25.7 Å². The third-order valence-corrected chi connectivity index (χ3v) is 5.27. The molecule has 132 valence electrons. The van der Waals surface area contributed by atoms with Crippen molar-refractivity contribution in [3.8, 4) is 0 Å². The molecule has 2 amide bonds. The molecule has 0 saturated carbocycles. The third kappa shape index (κ3) is 7.54. The standard InChI is InChI=1S/C16H30N4O2S/c21-15(18-5-4-8-19-11-6-17-7-12-19)13-23-14-16(22)20-9-2-1-3-10-20/h17H,1-14H2,(H,18,21). The smallest absolute Gasteiger partial charge is 0.232 e. The van der Waals surface area contributed by atoms with Crippen molar-refractivity contribution < 1.29 is 9.59 Å². The maximum atomic E-state index is 12.0. The van der Waals surface area contributed by atoms with Crippen LogP contribution in [0.3, 0.4) is 0 Å². The molecular formula is C16H30N4O2S. The summed E-state index contributed by atoms with van der Waals surface area (Å²) in [5, 5.41) is 6.28. The summed E-state index contributed by atoms with van der Waals surface area (Å²) in [5.74, 6) is 1.03. The molecule has 2 rings (SSSR count). The van der Waals surface area contributed by atoms with Gasteiger partial charge >= 0.3 is 0 Å². The van der Waals surface area contributed by atoms with Crippen molar-refractivity contribution >= 4 is 23.6 Å². The Balaban J connectivity index is 1.45. The van der Waals surface area contributed by atoms with E-state index >= 15 is 0 Å². The van der Waals surface area contributed by atoms with E-state index in [0.717, 1.165) is 71.6 Å². The van der Waals surface area contributed by atoms with Gasteiger partial charge in [-0.25, -0.2) is 0 Å². The van der Waals surface area contributed by atoms with Crippen LogP contribution in [0.4, 0.5) is 0 Å². The molecule has 2 N–H and O–H groups in total. The highest BCUT2D eigenvalue weighted by Gasteiger charge is 2.16. The predicted molar refractivity (Wildman–Crippen MR) is 94.7 cm³/mol. The van der Waals surface area contributed by atoms with Gasteiger partial charge in [-0.3, -0.25) is 9.59 Å². The summed E-state index contributed by atoms with van der Waals surface area (Å²) in [7, 11) is 0. The summed E-state index contributed by atoms with van der Waals surface area (Å²) in [6.07, 6.45) is 4.45. The Hall–Kier alpha value is -0.790. The number of rotatable bonds is 8. The number of piperazine rings is 1. The van der Waals surface area contributed by atoms with Gasteiger partial charge in [0, 0.05) is 45.8 Å². The minimum atomic E-state index is 0.0433. The zero-order chi connectivity index (χ0) is 16.3. The first kappa shape index (κ1) is 18.5. The van der Waals surface area contributed by atoms with Crippen LogP contribution in [0.5, 0.6) is 0 Å². The second-order valence-corrected chi connectivity index (χ2v) is 7.21. The Bertz CT molecular complexity index is 369. The van der Waals surface area contributed by atoms with Crippen LogP contribution in [-0.2, 0) is 9.59 Å². The predicted octanol–water partition coefficient (Wildman–Crippen LogP) is 0.144. The molecule has 0 atom stereocenters. The molecule has 0 unspecified atom stereocenters. The Morgan fingerprint density at radius 1 is 1.00 bits per heavy atom. The second-order valence-electron chi connectivity index (χ2n) is 6.23. The van der Waals surface area contributed by atoms with Crippen molar-refractivity contribution in [3.05, 3.63) is 0 Å². The van der Waals surface area contributed by atoms with Crippen molar-refractivity contribution in [2.75, 3.05) is 63.9 Å². The lowest BCUT2D eigenvalue weighted by Gasteiger charge is -2.27. The van der Waals surface area contributed by atoms with E-state index < -0.39 is 0 Å². The van der Waals surface area contributed by atoms with Gasteiger partial charge in [0.05, 0.1) is 11.5 Å². The van der Waals surface area contributed by atoms with Crippen LogP contribution in [0.2, 0.25) is 0 Å². The molecule has 0 aromatic rings. The van der Waals surface area contributed by atoms with Gasteiger partial charge in [-0.15, -0.1) is 11.8 Å². The van der Waals surface area contributed by atoms with Crippen LogP contribution < -0.4 is 10.6 Å². The van der Waals surface area contributed by atoms with E-state index in [4.69, 9.17) is 0 Å². The molecule has 2 aliphatic rings. The fourth-order valence-corrected chi connectivity index (χ4v) is 3.73. The third-order valence-electron chi connectivity index (χ3n) is 4.35. The minimum Gasteiger partial charge on any atom is -0.355 e. The summed E-state index contributed by atoms with van der Waals surface area (Å²) in [6.45, 7) is 7.87. The monoisotopic (exact) mass is 342 g/mol. The Morgan fingerprint density at radius 2 is 1.74 bits per heavy atom. The Morgan fingerprint density at radius 3 is 2.48 bits per heavy atom. The van der Waals surface area contributed by atoms with Gasteiger partial charge < -0.3 is 20.4 Å². The first-order valence-corrected chi connectivity index (χ1v) is 9.96. The maximum absolute atomic E-state index is 12.0. The lowest BCUT2D eigenvalue weighted by atomic mass is 10.1. The summed E-state index contributed by atoms with van der Waals surface area (Å²) in [6, 6.07) is 0. The summed E-state index contributed by atoms with van der Waals surface area (Å²) < 4.78 is 0. The summed E-state index contributed by atoms with van der Waals surface area (Å²) in [4.78, 5) is 28.1. The topological polar surface area (TPSA) is 64.7 Å². The first-order chi connectivity index (χ1) is 11.3. The molecule has 2 aliphatic heterocycles. The van der Waals surface area contributed by atoms with Crippen LogP contribution in [0, 0.1) is 0 Å². The van der Waals surface area contributed by atoms with E-state index in [-0.39, 0.29) is 11.8 Å². The van der Waals surface area contributed by atoms with E-state index in [2.05, 4.69) is 15.5 Å². The van der Waals surface area contributed by atoms with Gasteiger partial charge in [-0.2, -0.15) is 0 Å². The van der Waals surface area contributed by atoms with Crippen molar-refractivity contribution in [2.45, 2.75) is 25.7 Å². The molecular weight excluding hydrogens is 312 g/mol. The van der Waals surface area contributed by atoms with Crippen molar-refractivity contribution in [2.24, 2.45) is 0 Å². The zero-order valence-corrected chi connectivity index (χ0v) is 14.8. The number of piperidine rings is 1. The van der Waals surface area contributed by atoms with E-state index in [9.17, 15) is 9.59 Å². The SMILES string of the molecule is O=C(CSCC(=O)N1CCCCC1)NCCCN1CCNCC1. The fraction of sp³-hybridized carbons (Fsp3) is 0.875. The molecule has 0 radical (unpaired) electrons. The summed E-state index contributed by atoms with van der Waals surface area (Å²) in [5.41, 5.74) is 0. The molecule has 2 saturated heterocycles. The number of hydrogen-bond donors (Lipinski definition) is 2. The molecule has 0 aromatic heterocycles. The first-order valence-electron chi connectivity index (χ1n) is 8.81. The average Bonchev–Trinajstić information content (AvgIpc) is 2.60. The number of carbonyl (C=O) groups excluding carboxylic acids is 2. The van der Waals surface area contributed by atoms with Crippen LogP contribution in [-0.4, -0.2) is 85.5 Å². The number of likely N-dealkylation sites (tertiary alicyclic amines) is 1. The summed E-state index contributed by atoms with van der Waals surface area (Å²) >= 11 is 1.43. The average molecular weight is 343 g/mol. The largest absolute Gasteiger partial charge is 0.355 e. The normalized spacial score (nSPS) is 19.6. The number of hydrogen-bond acceptors (Lipinski definition) is 5. The van der Waals surface area contributed by atoms with E-state index in [1.165, 1.54) is 18.2 Å². The highest BCUT2D eigenvalue weighted by atomic mass is 32.2. The number of carbonyl (C=O) groups is 2. The number of nitrogens with one attached hydrogen (secondary N) is 2. The molecule has 0 aliphatic carbocycles. The Labute approximate surface area is 143 Å². The molecule has 6 nitrogen and oxygen atoms in total. The second kappa shape index (κ2) is 10.9. The minimum absolute atomic E-state index is 0.0433. The van der Waals surface area contributed by atoms with Gasteiger partial charge in [0.2, 0.25) is 11.8 Å². The quantitative estimate of drug-likeness (QED) is 0.615. The molecule has 0 aromatic carbocycles. The highest BCUT2D eigenvalue weighted by Crippen LogP contribution is 2.11. The van der Waals surface area contributed by atoms with Crippen molar-refractivity contribution in [1.82, 2.24) is 20.4 Å². The van der Waals surface area contributed by atoms with Gasteiger partial charge in [0.25, 0.3) is 0 Å². The highest BCUT2D eigenvalue weighted by molar-refractivity contribution is 8.00. The van der Waals surface area contributed by atoms with Gasteiger partial charge in [0.15, 0.2) is 0 Å². The van der Waals surface area contributed by atoms with E-state index in [1.807, 2.05) is 4.90 Å². The van der Waals surface area contributed by atoms with Crippen LogP contribution in [0.15, 0.2) is 0 Å². The van der Waals surface area contributed by atoms with Crippen LogP contribution >= 0.6 is 11.8 Å². The molecule has 7 heteroatoms.